The van der Waals surface area contributed by atoms with Crippen molar-refractivity contribution < 1.29 is 18.3 Å². The number of imidazole rings is 1. The van der Waals surface area contributed by atoms with Gasteiger partial charge in [-0.3, -0.25) is 9.36 Å². The monoisotopic (exact) mass is 741 g/mol. The van der Waals surface area contributed by atoms with Crippen molar-refractivity contribution >= 4 is 51.5 Å². The fourth-order valence-corrected chi connectivity index (χ4v) is 16.5. The molecule has 1 aromatic carbocycles. The lowest BCUT2D eigenvalue weighted by Crippen LogP contribution is -2.53. The van der Waals surface area contributed by atoms with Crippen molar-refractivity contribution in [2.24, 2.45) is 0 Å². The predicted molar refractivity (Wildman–Crippen MR) is 206 cm³/mol. The van der Waals surface area contributed by atoms with Gasteiger partial charge in [0.1, 0.15) is 23.9 Å². The number of carbonyl (C=O) groups excluding carboxylic acids is 1. The number of hydrogen-bond acceptors (Lipinski definition) is 10. The summed E-state index contributed by atoms with van der Waals surface area (Å²) in [6.07, 6.45) is 3.77. The smallest absolute Gasteiger partial charge is 0.259 e. The number of nitrogens with one attached hydrogen (secondary N) is 1. The first-order chi connectivity index (χ1) is 23.8. The van der Waals surface area contributed by atoms with Crippen LogP contribution in [0.3, 0.4) is 0 Å². The third-order valence-electron chi connectivity index (χ3n) is 9.51. The lowest BCUT2D eigenvalue weighted by molar-refractivity contribution is 0.0259. The predicted octanol–water partition coefficient (Wildman–Crippen LogP) is 9.32. The van der Waals surface area contributed by atoms with E-state index in [0.29, 0.717) is 52.2 Å². The molecule has 3 heterocycles. The van der Waals surface area contributed by atoms with Crippen molar-refractivity contribution in [3.63, 3.8) is 0 Å². The summed E-state index contributed by atoms with van der Waals surface area (Å²) < 4.78 is 25.7. The number of anilines is 1. The van der Waals surface area contributed by atoms with Crippen molar-refractivity contribution in [3.8, 4) is 6.07 Å². The summed E-state index contributed by atoms with van der Waals surface area (Å²) in [5.74, 6) is 0.0967. The molecule has 0 aliphatic carbocycles. The van der Waals surface area contributed by atoms with Crippen molar-refractivity contribution in [1.29, 1.82) is 5.26 Å². The number of nitrogens with zero attached hydrogens (tertiary/aromatic N) is 6. The summed E-state index contributed by atoms with van der Waals surface area (Å²) in [5, 5.41) is 12.2. The van der Waals surface area contributed by atoms with Crippen molar-refractivity contribution in [2.45, 2.75) is 141 Å². The van der Waals surface area contributed by atoms with Crippen LogP contribution in [0.15, 0.2) is 43.0 Å². The Labute approximate surface area is 305 Å². The normalized spacial score (nSPS) is 20.6. The van der Waals surface area contributed by atoms with Gasteiger partial charge in [0.2, 0.25) is 8.32 Å². The Hall–Kier alpha value is -2.43. The average molecular weight is 742 g/mol. The summed E-state index contributed by atoms with van der Waals surface area (Å²) in [4.78, 5) is 27.0. The van der Waals surface area contributed by atoms with Gasteiger partial charge in [-0.05, 0) is 62.9 Å². The molecule has 1 saturated heterocycles. The summed E-state index contributed by atoms with van der Waals surface area (Å²) in [6, 6.07) is 11.6. The van der Waals surface area contributed by atoms with Crippen LogP contribution in [0.1, 0.15) is 105 Å². The Morgan fingerprint density at radius 1 is 1.00 bits per heavy atom. The molecule has 11 nitrogen and oxygen atoms in total. The number of carbonyl (C=O) groups is 1. The van der Waals surface area contributed by atoms with Gasteiger partial charge in [-0.2, -0.15) is 5.26 Å². The SMILES string of the molecule is CC[C@H]1S[C@@H](n2cnc3c(NC(=O)c4ccccc4)ncnc32)C(O[Si](C(C)C)(C(C)C)C(C)C)[C@@H]1OP(OCCC#N)N(C(C)C)C(C)C. The minimum absolute atomic E-state index is 0.0884. The number of fused-ring (bicyclic) bond motifs is 1. The lowest BCUT2D eigenvalue weighted by Gasteiger charge is -2.46. The highest BCUT2D eigenvalue weighted by Gasteiger charge is 2.55. The van der Waals surface area contributed by atoms with E-state index in [9.17, 15) is 10.1 Å². The zero-order valence-electron chi connectivity index (χ0n) is 31.5. The standard InChI is InChI=1S/C36H56N7O4PSSi/c1-12-29-31(46-48(45-20-16-19-37)43(23(2)3)24(4)5)32(47-50(25(6)7,26(8)9)27(10)11)36(49-29)42-22-40-30-33(38-21-39-34(30)42)41-35(44)28-17-14-13-15-18-28/h13-15,17-18,21-27,29,31-32,36H,12,16,20H2,1-11H3,(H,38,39,41,44)/t29-,31-,32?,36-,48?/m1/s1. The van der Waals surface area contributed by atoms with E-state index in [4.69, 9.17) is 23.4 Å². The van der Waals surface area contributed by atoms with Gasteiger partial charge in [0.25, 0.3) is 14.4 Å². The van der Waals surface area contributed by atoms with Crippen molar-refractivity contribution in [2.75, 3.05) is 11.9 Å². The summed E-state index contributed by atoms with van der Waals surface area (Å²) in [7, 11) is -3.94. The highest BCUT2D eigenvalue weighted by Crippen LogP contribution is 2.57. The van der Waals surface area contributed by atoms with Crippen LogP contribution in [0.2, 0.25) is 16.6 Å². The molecule has 1 aliphatic rings. The molecule has 5 atom stereocenters. The number of nitriles is 1. The molecule has 0 radical (unpaired) electrons. The van der Waals surface area contributed by atoms with E-state index in [-0.39, 0.29) is 40.8 Å². The van der Waals surface area contributed by atoms with Gasteiger partial charge in [-0.15, -0.1) is 11.8 Å². The fraction of sp³-hybridized carbons (Fsp3) is 0.639. The number of rotatable bonds is 17. The quantitative estimate of drug-likeness (QED) is 0.0812. The van der Waals surface area contributed by atoms with E-state index in [1.165, 1.54) is 6.33 Å². The van der Waals surface area contributed by atoms with Gasteiger partial charge in [-0.25, -0.2) is 19.6 Å². The van der Waals surface area contributed by atoms with Crippen LogP contribution in [0.4, 0.5) is 5.82 Å². The molecule has 0 saturated carbocycles. The molecule has 14 heteroatoms. The Balaban J connectivity index is 1.83. The molecule has 1 fully saturated rings. The number of thioether (sulfide) groups is 1. The Kier molecular flexibility index (Phi) is 14.4. The van der Waals surface area contributed by atoms with Crippen LogP contribution in [-0.2, 0) is 13.5 Å². The Morgan fingerprint density at radius 3 is 2.20 bits per heavy atom. The minimum Gasteiger partial charge on any atom is -0.407 e. The van der Waals surface area contributed by atoms with Crippen molar-refractivity contribution in [1.82, 2.24) is 24.2 Å². The first kappa shape index (κ1) is 40.3. The summed E-state index contributed by atoms with van der Waals surface area (Å²) >= 11 is 1.82. The molecule has 0 spiro atoms. The van der Waals surface area contributed by atoms with E-state index in [1.54, 1.807) is 18.5 Å². The third kappa shape index (κ3) is 8.60. The maximum absolute atomic E-state index is 13.1. The molecule has 2 aromatic heterocycles. The molecule has 2 unspecified atom stereocenters. The average Bonchev–Trinajstić information content (AvgIpc) is 3.64. The molecule has 0 bridgehead atoms. The second-order valence-corrected chi connectivity index (χ2v) is 22.5. The Morgan fingerprint density at radius 2 is 1.64 bits per heavy atom. The maximum Gasteiger partial charge on any atom is 0.259 e. The van der Waals surface area contributed by atoms with E-state index < -0.39 is 16.8 Å². The van der Waals surface area contributed by atoms with Crippen molar-refractivity contribution in [3.05, 3.63) is 48.5 Å². The number of aromatic nitrogens is 4. The Bertz CT molecular complexity index is 1560. The van der Waals surface area contributed by atoms with E-state index in [1.807, 2.05) is 30.0 Å². The molecule has 274 valence electrons. The second-order valence-electron chi connectivity index (χ2n) is 14.4. The zero-order chi connectivity index (χ0) is 36.7. The fourth-order valence-electron chi connectivity index (χ4n) is 7.45. The topological polar surface area (TPSA) is 127 Å². The highest BCUT2D eigenvalue weighted by molar-refractivity contribution is 8.00. The largest absolute Gasteiger partial charge is 0.407 e. The van der Waals surface area contributed by atoms with Crippen LogP contribution in [0, 0.1) is 11.3 Å². The second kappa shape index (κ2) is 17.9. The molecule has 50 heavy (non-hydrogen) atoms. The number of benzene rings is 1. The van der Waals surface area contributed by atoms with Crippen LogP contribution in [0.25, 0.3) is 11.2 Å². The molecule has 4 rings (SSSR count). The molecule has 1 N–H and O–H groups in total. The summed E-state index contributed by atoms with van der Waals surface area (Å²) in [6.45, 7) is 24.9. The third-order valence-corrected chi connectivity index (χ3v) is 19.5. The lowest BCUT2D eigenvalue weighted by atomic mass is 10.1. The van der Waals surface area contributed by atoms with Gasteiger partial charge >= 0.3 is 0 Å². The molecular weight excluding hydrogens is 686 g/mol. The molecular formula is C36H56N7O4PSSi. The molecule has 1 aliphatic heterocycles. The zero-order valence-corrected chi connectivity index (χ0v) is 34.2. The van der Waals surface area contributed by atoms with Gasteiger partial charge in [0, 0.05) is 22.9 Å². The highest BCUT2D eigenvalue weighted by atomic mass is 32.2. The molecule has 3 aromatic rings. The molecule has 1 amide bonds. The van der Waals surface area contributed by atoms with Crippen LogP contribution >= 0.6 is 20.3 Å². The van der Waals surface area contributed by atoms with E-state index in [2.05, 4.69) is 102 Å². The summed E-state index contributed by atoms with van der Waals surface area (Å²) in [5.41, 5.74) is 2.73. The van der Waals surface area contributed by atoms with Crippen LogP contribution < -0.4 is 5.32 Å². The number of amides is 1. The van der Waals surface area contributed by atoms with Crippen LogP contribution in [-0.4, -0.2) is 74.6 Å². The minimum atomic E-state index is -2.43. The van der Waals surface area contributed by atoms with Gasteiger partial charge in [-0.1, -0.05) is 66.7 Å². The van der Waals surface area contributed by atoms with Gasteiger partial charge in [0.15, 0.2) is 17.0 Å². The number of hydrogen-bond donors (Lipinski definition) is 1. The van der Waals surface area contributed by atoms with E-state index in [0.717, 1.165) is 6.42 Å². The van der Waals surface area contributed by atoms with E-state index >= 15 is 0 Å². The van der Waals surface area contributed by atoms with Crippen LogP contribution in [0.5, 0.6) is 0 Å². The van der Waals surface area contributed by atoms with Gasteiger partial charge in [0.05, 0.1) is 25.4 Å². The van der Waals surface area contributed by atoms with Gasteiger partial charge < -0.3 is 18.8 Å². The first-order valence-corrected chi connectivity index (χ1v) is 22.1. The maximum atomic E-state index is 13.1. The first-order valence-electron chi connectivity index (χ1n) is 17.9.